The molecule has 1 aromatic heterocycles. The zero-order valence-electron chi connectivity index (χ0n) is 8.82. The maximum Gasteiger partial charge on any atom is 0.134 e. The predicted molar refractivity (Wildman–Crippen MR) is 59.3 cm³/mol. The number of nitrogens with zero attached hydrogens (tertiary/aromatic N) is 1. The normalized spacial score (nSPS) is 13.4. The van der Waals surface area contributed by atoms with Gasteiger partial charge in [0.1, 0.15) is 11.3 Å². The number of rotatable bonds is 2. The van der Waals surface area contributed by atoms with Crippen LogP contribution in [0.25, 0.3) is 11.0 Å². The van der Waals surface area contributed by atoms with E-state index in [1.807, 2.05) is 12.1 Å². The zero-order valence-corrected chi connectivity index (χ0v) is 8.82. The molecule has 0 bridgehead atoms. The quantitative estimate of drug-likeness (QED) is 0.770. The molecule has 0 N–H and O–H groups in total. The molecule has 3 rings (SSSR count). The van der Waals surface area contributed by atoms with Crippen molar-refractivity contribution in [2.45, 2.75) is 19.3 Å². The van der Waals surface area contributed by atoms with Crippen LogP contribution in [0, 0.1) is 11.3 Å². The van der Waals surface area contributed by atoms with Gasteiger partial charge in [-0.25, -0.2) is 0 Å². The third-order valence-corrected chi connectivity index (χ3v) is 3.00. The highest BCUT2D eigenvalue weighted by atomic mass is 16.5. The van der Waals surface area contributed by atoms with Crippen LogP contribution in [0.4, 0.5) is 0 Å². The van der Waals surface area contributed by atoms with E-state index in [1.165, 1.54) is 5.56 Å². The number of nitriles is 1. The van der Waals surface area contributed by atoms with E-state index < -0.39 is 0 Å². The Kier molecular flexibility index (Phi) is 2.07. The highest BCUT2D eigenvalue weighted by Gasteiger charge is 2.19. The summed E-state index contributed by atoms with van der Waals surface area (Å²) in [6.07, 6.45) is 3.98. The molecule has 0 saturated heterocycles. The van der Waals surface area contributed by atoms with Crippen molar-refractivity contribution in [2.75, 3.05) is 6.61 Å². The molecule has 0 atom stereocenters. The van der Waals surface area contributed by atoms with Crippen molar-refractivity contribution in [1.82, 2.24) is 0 Å². The Morgan fingerprint density at radius 3 is 3.19 bits per heavy atom. The van der Waals surface area contributed by atoms with Gasteiger partial charge in [-0.1, -0.05) is 0 Å². The zero-order chi connectivity index (χ0) is 11.0. The lowest BCUT2D eigenvalue weighted by Gasteiger charge is -2.00. The molecule has 0 saturated carbocycles. The standard InChI is InChI=1S/C13H11NO2/c14-6-1-2-9-8-16-12-4-3-11-10(13(9)12)5-7-15-11/h3-4,8H,1-2,5,7H2. The summed E-state index contributed by atoms with van der Waals surface area (Å²) in [5.41, 5.74) is 3.26. The first-order valence-electron chi connectivity index (χ1n) is 5.42. The Balaban J connectivity index is 2.17. The SMILES string of the molecule is N#CCCc1coc2ccc3c(c12)CCO3. The summed E-state index contributed by atoms with van der Waals surface area (Å²) in [7, 11) is 0. The molecule has 0 amide bonds. The van der Waals surface area contributed by atoms with Gasteiger partial charge in [0, 0.05) is 23.8 Å². The first kappa shape index (κ1) is 9.29. The fourth-order valence-corrected chi connectivity index (χ4v) is 2.27. The second-order valence-corrected chi connectivity index (χ2v) is 3.93. The predicted octanol–water partition coefficient (Wildman–Crippen LogP) is 2.82. The second kappa shape index (κ2) is 3.57. The molecule has 1 aliphatic heterocycles. The summed E-state index contributed by atoms with van der Waals surface area (Å²) in [6, 6.07) is 6.07. The molecule has 2 heterocycles. The maximum absolute atomic E-state index is 8.63. The summed E-state index contributed by atoms with van der Waals surface area (Å²) >= 11 is 0. The molecular weight excluding hydrogens is 202 g/mol. The van der Waals surface area contributed by atoms with Crippen LogP contribution < -0.4 is 4.74 Å². The third-order valence-electron chi connectivity index (χ3n) is 3.00. The van der Waals surface area contributed by atoms with Crippen LogP contribution in [0.2, 0.25) is 0 Å². The summed E-state index contributed by atoms with van der Waals surface area (Å²) < 4.78 is 11.0. The maximum atomic E-state index is 8.63. The number of fused-ring (bicyclic) bond motifs is 3. The van der Waals surface area contributed by atoms with Gasteiger partial charge in [-0.05, 0) is 24.1 Å². The second-order valence-electron chi connectivity index (χ2n) is 3.93. The van der Waals surface area contributed by atoms with E-state index in [0.717, 1.165) is 41.7 Å². The van der Waals surface area contributed by atoms with Gasteiger partial charge in [-0.2, -0.15) is 5.26 Å². The van der Waals surface area contributed by atoms with Crippen LogP contribution in [0.5, 0.6) is 5.75 Å². The van der Waals surface area contributed by atoms with Crippen LogP contribution in [-0.2, 0) is 12.8 Å². The summed E-state index contributed by atoms with van der Waals surface area (Å²) in [5, 5.41) is 9.78. The fourth-order valence-electron chi connectivity index (χ4n) is 2.27. The Morgan fingerprint density at radius 1 is 1.38 bits per heavy atom. The summed E-state index contributed by atoms with van der Waals surface area (Å²) in [6.45, 7) is 0.747. The van der Waals surface area contributed by atoms with Crippen LogP contribution in [-0.4, -0.2) is 6.61 Å². The fraction of sp³-hybridized carbons (Fsp3) is 0.308. The van der Waals surface area contributed by atoms with E-state index in [4.69, 9.17) is 14.4 Å². The molecule has 3 nitrogen and oxygen atoms in total. The summed E-state index contributed by atoms with van der Waals surface area (Å²) in [5.74, 6) is 0.965. The Hall–Kier alpha value is -1.95. The number of benzene rings is 1. The van der Waals surface area contributed by atoms with Crippen LogP contribution in [0.3, 0.4) is 0 Å². The minimum atomic E-state index is 0.527. The van der Waals surface area contributed by atoms with Gasteiger partial charge in [-0.3, -0.25) is 0 Å². The molecule has 3 heteroatoms. The van der Waals surface area contributed by atoms with Gasteiger partial charge >= 0.3 is 0 Å². The van der Waals surface area contributed by atoms with Gasteiger partial charge < -0.3 is 9.15 Å². The van der Waals surface area contributed by atoms with Gasteiger partial charge in [0.15, 0.2) is 0 Å². The van der Waals surface area contributed by atoms with Crippen molar-refractivity contribution in [3.8, 4) is 11.8 Å². The van der Waals surface area contributed by atoms with E-state index >= 15 is 0 Å². The smallest absolute Gasteiger partial charge is 0.134 e. The number of furan rings is 1. The molecule has 80 valence electrons. The molecule has 0 spiro atoms. The van der Waals surface area contributed by atoms with Crippen molar-refractivity contribution in [1.29, 1.82) is 5.26 Å². The van der Waals surface area contributed by atoms with Crippen LogP contribution in [0.15, 0.2) is 22.8 Å². The number of hydrogen-bond acceptors (Lipinski definition) is 3. The molecule has 1 aromatic carbocycles. The number of ether oxygens (including phenoxy) is 1. The van der Waals surface area contributed by atoms with Crippen LogP contribution in [0.1, 0.15) is 17.5 Å². The lowest BCUT2D eigenvalue weighted by Crippen LogP contribution is -1.87. The van der Waals surface area contributed by atoms with E-state index in [-0.39, 0.29) is 0 Å². The molecule has 2 aromatic rings. The van der Waals surface area contributed by atoms with E-state index in [1.54, 1.807) is 6.26 Å². The molecule has 0 radical (unpaired) electrons. The summed E-state index contributed by atoms with van der Waals surface area (Å²) in [4.78, 5) is 0. The lowest BCUT2D eigenvalue weighted by molar-refractivity contribution is 0.357. The first-order chi connectivity index (χ1) is 7.90. The Morgan fingerprint density at radius 2 is 2.31 bits per heavy atom. The van der Waals surface area contributed by atoms with E-state index in [0.29, 0.717) is 6.42 Å². The Labute approximate surface area is 93.2 Å². The minimum absolute atomic E-state index is 0.527. The van der Waals surface area contributed by atoms with Crippen molar-refractivity contribution < 1.29 is 9.15 Å². The van der Waals surface area contributed by atoms with E-state index in [9.17, 15) is 0 Å². The molecule has 0 aliphatic carbocycles. The monoisotopic (exact) mass is 213 g/mol. The third kappa shape index (κ3) is 1.27. The van der Waals surface area contributed by atoms with Gasteiger partial charge in [0.05, 0.1) is 18.9 Å². The van der Waals surface area contributed by atoms with Crippen molar-refractivity contribution >= 4 is 11.0 Å². The van der Waals surface area contributed by atoms with Crippen molar-refractivity contribution in [2.24, 2.45) is 0 Å². The topological polar surface area (TPSA) is 46.2 Å². The average Bonchev–Trinajstić information content (AvgIpc) is 2.91. The molecule has 0 fully saturated rings. The van der Waals surface area contributed by atoms with Gasteiger partial charge in [-0.15, -0.1) is 0 Å². The number of aryl methyl sites for hydroxylation is 1. The lowest BCUT2D eigenvalue weighted by atomic mass is 10.0. The average molecular weight is 213 g/mol. The first-order valence-corrected chi connectivity index (χ1v) is 5.42. The largest absolute Gasteiger partial charge is 0.493 e. The van der Waals surface area contributed by atoms with Gasteiger partial charge in [0.25, 0.3) is 0 Å². The molecule has 1 aliphatic rings. The molecule has 0 unspecified atom stereocenters. The van der Waals surface area contributed by atoms with Crippen molar-refractivity contribution in [3.05, 3.63) is 29.5 Å². The van der Waals surface area contributed by atoms with Crippen molar-refractivity contribution in [3.63, 3.8) is 0 Å². The highest BCUT2D eigenvalue weighted by Crippen LogP contribution is 2.35. The van der Waals surface area contributed by atoms with E-state index in [2.05, 4.69) is 6.07 Å². The van der Waals surface area contributed by atoms with Gasteiger partial charge in [0.2, 0.25) is 0 Å². The molecular formula is C13H11NO2. The highest BCUT2D eigenvalue weighted by molar-refractivity contribution is 5.87. The minimum Gasteiger partial charge on any atom is -0.493 e. The van der Waals surface area contributed by atoms with Crippen LogP contribution >= 0.6 is 0 Å². The molecule has 16 heavy (non-hydrogen) atoms. The number of hydrogen-bond donors (Lipinski definition) is 0. The Bertz CT molecular complexity index is 577.